The van der Waals surface area contributed by atoms with Gasteiger partial charge in [-0.3, -0.25) is 9.36 Å². The number of methoxy groups -OCH3 is 1. The maximum absolute atomic E-state index is 12.4. The fourth-order valence-corrected chi connectivity index (χ4v) is 4.80. The lowest BCUT2D eigenvalue weighted by molar-refractivity contribution is -0.135. The van der Waals surface area contributed by atoms with E-state index >= 15 is 0 Å². The van der Waals surface area contributed by atoms with E-state index in [1.165, 1.54) is 11.1 Å². The lowest BCUT2D eigenvalue weighted by atomic mass is 9.99. The highest BCUT2D eigenvalue weighted by Gasteiger charge is 2.32. The Kier molecular flexibility index (Phi) is 5.78. The van der Waals surface area contributed by atoms with Crippen LogP contribution in [-0.2, 0) is 17.8 Å². The summed E-state index contributed by atoms with van der Waals surface area (Å²) in [6.45, 7) is 1.90. The Morgan fingerprint density at radius 1 is 1.17 bits per heavy atom. The summed E-state index contributed by atoms with van der Waals surface area (Å²) in [6.07, 6.45) is 6.07. The van der Waals surface area contributed by atoms with Gasteiger partial charge in [-0.25, -0.2) is 4.98 Å². The molecular weight excluding hydrogens is 478 g/mol. The molecule has 4 aromatic rings. The number of nitrogens with one attached hydrogen (secondary N) is 1. The Labute approximate surface area is 213 Å². The number of hydrogen-bond donors (Lipinski definition) is 1. The van der Waals surface area contributed by atoms with E-state index in [9.17, 15) is 4.79 Å². The van der Waals surface area contributed by atoms with E-state index in [0.717, 1.165) is 54.7 Å². The third-order valence-corrected chi connectivity index (χ3v) is 6.99. The summed E-state index contributed by atoms with van der Waals surface area (Å²) in [5.74, 6) is 1.89. The Hall–Kier alpha value is -3.62. The maximum atomic E-state index is 12.4. The van der Waals surface area contributed by atoms with Crippen LogP contribution < -0.4 is 14.8 Å². The summed E-state index contributed by atoms with van der Waals surface area (Å²) < 4.78 is 13.2. The van der Waals surface area contributed by atoms with E-state index in [1.54, 1.807) is 19.5 Å². The molecular formula is C27H26ClN5O3. The largest absolute Gasteiger partial charge is 0.495 e. The van der Waals surface area contributed by atoms with Gasteiger partial charge in [0.2, 0.25) is 5.95 Å². The van der Waals surface area contributed by atoms with Gasteiger partial charge < -0.3 is 19.7 Å². The molecule has 0 spiro atoms. The number of hydrogen-bond acceptors (Lipinski definition) is 7. The first-order valence-electron chi connectivity index (χ1n) is 12.0. The number of likely N-dealkylation sites (N-methyl/N-ethyl adjacent to an activating group) is 1. The average Bonchev–Trinajstić information content (AvgIpc) is 3.68. The zero-order chi connectivity index (χ0) is 24.8. The van der Waals surface area contributed by atoms with Gasteiger partial charge in [-0.15, -0.1) is 0 Å². The number of para-hydroxylation sites is 1. The third-order valence-electron chi connectivity index (χ3n) is 6.72. The molecule has 36 heavy (non-hydrogen) atoms. The van der Waals surface area contributed by atoms with Crippen molar-refractivity contribution in [2.75, 3.05) is 26.0 Å². The predicted octanol–water partition coefficient (Wildman–Crippen LogP) is 5.13. The number of rotatable bonds is 6. The molecule has 0 unspecified atom stereocenters. The Bertz CT molecular complexity index is 1480. The summed E-state index contributed by atoms with van der Waals surface area (Å²) >= 11 is 6.57. The van der Waals surface area contributed by atoms with E-state index in [0.29, 0.717) is 22.5 Å². The van der Waals surface area contributed by atoms with Crippen molar-refractivity contribution in [1.82, 2.24) is 19.4 Å². The van der Waals surface area contributed by atoms with Gasteiger partial charge in [0.25, 0.3) is 0 Å². The lowest BCUT2D eigenvalue weighted by Gasteiger charge is -2.26. The van der Waals surface area contributed by atoms with Gasteiger partial charge >= 0.3 is 5.97 Å². The smallest absolute Gasteiger partial charge is 0.314 e. The third kappa shape index (κ3) is 4.27. The van der Waals surface area contributed by atoms with Crippen molar-refractivity contribution in [2.45, 2.75) is 25.8 Å². The summed E-state index contributed by atoms with van der Waals surface area (Å²) in [6, 6.07) is 11.9. The Balaban J connectivity index is 1.37. The first kappa shape index (κ1) is 22.8. The molecule has 0 amide bonds. The summed E-state index contributed by atoms with van der Waals surface area (Å²) in [4.78, 5) is 23.8. The molecule has 2 aliphatic rings. The number of nitrogens with zero attached hydrogens (tertiary/aromatic N) is 4. The lowest BCUT2D eigenvalue weighted by Crippen LogP contribution is -2.26. The highest BCUT2D eigenvalue weighted by atomic mass is 35.5. The van der Waals surface area contributed by atoms with Crippen LogP contribution >= 0.6 is 11.6 Å². The monoisotopic (exact) mass is 503 g/mol. The van der Waals surface area contributed by atoms with E-state index in [1.807, 2.05) is 28.8 Å². The van der Waals surface area contributed by atoms with Gasteiger partial charge in [0.1, 0.15) is 10.8 Å². The van der Waals surface area contributed by atoms with Crippen LogP contribution in [0.3, 0.4) is 0 Å². The topological polar surface area (TPSA) is 81.5 Å². The number of carbonyl (C=O) groups is 1. The van der Waals surface area contributed by atoms with Crippen LogP contribution in [0.15, 0.2) is 48.8 Å². The first-order valence-corrected chi connectivity index (χ1v) is 12.4. The molecule has 1 N–H and O–H groups in total. The minimum Gasteiger partial charge on any atom is -0.495 e. The van der Waals surface area contributed by atoms with E-state index in [4.69, 9.17) is 26.1 Å². The van der Waals surface area contributed by atoms with Crippen LogP contribution in [-0.4, -0.2) is 46.1 Å². The van der Waals surface area contributed by atoms with Crippen molar-refractivity contribution in [3.05, 3.63) is 64.9 Å². The molecule has 184 valence electrons. The minimum atomic E-state index is -0.195. The molecule has 0 bridgehead atoms. The SMILES string of the molecule is COc1cc2c(cc1Nc1ncc(Cl)c(-n3cc(OC(=O)C4CC4)c4ccccc43)n1)CN(C)CC2. The van der Waals surface area contributed by atoms with E-state index in [2.05, 4.69) is 34.4 Å². The highest BCUT2D eigenvalue weighted by Crippen LogP contribution is 2.37. The normalized spacial score (nSPS) is 15.5. The second kappa shape index (κ2) is 9.11. The number of halogens is 1. The van der Waals surface area contributed by atoms with Gasteiger partial charge in [0.15, 0.2) is 11.6 Å². The van der Waals surface area contributed by atoms with Crippen molar-refractivity contribution in [3.8, 4) is 17.3 Å². The zero-order valence-corrected chi connectivity index (χ0v) is 20.9. The van der Waals surface area contributed by atoms with Crippen LogP contribution in [0.25, 0.3) is 16.7 Å². The van der Waals surface area contributed by atoms with Crippen LogP contribution in [0.1, 0.15) is 24.0 Å². The van der Waals surface area contributed by atoms with E-state index in [-0.39, 0.29) is 11.9 Å². The standard InChI is InChI=1S/C27H26ClN5O3/c1-32-10-9-17-12-23(35-2)21(11-18(17)14-32)30-27-29-13-20(28)25(31-27)33-15-24(36-26(34)16-7-8-16)19-5-3-4-6-22(19)33/h3-6,11-13,15-16H,7-10,14H2,1-2H3,(H,29,30,31). The molecule has 1 aliphatic heterocycles. The highest BCUT2D eigenvalue weighted by molar-refractivity contribution is 6.32. The second-order valence-electron chi connectivity index (χ2n) is 9.38. The van der Waals surface area contributed by atoms with Crippen molar-refractivity contribution in [3.63, 3.8) is 0 Å². The van der Waals surface area contributed by atoms with Gasteiger partial charge in [0.05, 0.1) is 36.6 Å². The molecule has 3 heterocycles. The van der Waals surface area contributed by atoms with Crippen molar-refractivity contribution < 1.29 is 14.3 Å². The molecule has 8 nitrogen and oxygen atoms in total. The van der Waals surface area contributed by atoms with Crippen LogP contribution in [0.5, 0.6) is 11.5 Å². The van der Waals surface area contributed by atoms with Crippen LogP contribution in [0, 0.1) is 5.92 Å². The molecule has 2 aromatic carbocycles. The van der Waals surface area contributed by atoms with Crippen LogP contribution in [0.4, 0.5) is 11.6 Å². The average molecular weight is 504 g/mol. The van der Waals surface area contributed by atoms with Crippen molar-refractivity contribution in [2.24, 2.45) is 5.92 Å². The molecule has 1 aliphatic carbocycles. The first-order chi connectivity index (χ1) is 17.5. The molecule has 0 atom stereocenters. The van der Waals surface area contributed by atoms with Gasteiger partial charge in [0, 0.05) is 18.5 Å². The number of anilines is 2. The van der Waals surface area contributed by atoms with Crippen molar-refractivity contribution >= 4 is 40.1 Å². The molecule has 2 aromatic heterocycles. The number of aromatic nitrogens is 3. The molecule has 0 radical (unpaired) electrons. The number of ether oxygens (including phenoxy) is 2. The maximum Gasteiger partial charge on any atom is 0.314 e. The quantitative estimate of drug-likeness (QED) is 0.365. The Morgan fingerprint density at radius 2 is 2.00 bits per heavy atom. The van der Waals surface area contributed by atoms with Crippen LogP contribution in [0.2, 0.25) is 5.02 Å². The zero-order valence-electron chi connectivity index (χ0n) is 20.1. The minimum absolute atomic E-state index is 0.00283. The number of fused-ring (bicyclic) bond motifs is 2. The fraction of sp³-hybridized carbons (Fsp3) is 0.296. The van der Waals surface area contributed by atoms with Gasteiger partial charge in [-0.05, 0) is 61.7 Å². The molecule has 1 fully saturated rings. The molecule has 6 rings (SSSR count). The predicted molar refractivity (Wildman–Crippen MR) is 139 cm³/mol. The van der Waals surface area contributed by atoms with Crippen molar-refractivity contribution in [1.29, 1.82) is 0 Å². The van der Waals surface area contributed by atoms with Gasteiger partial charge in [-0.1, -0.05) is 23.7 Å². The number of esters is 1. The summed E-state index contributed by atoms with van der Waals surface area (Å²) in [5.41, 5.74) is 4.16. The molecule has 0 saturated heterocycles. The Morgan fingerprint density at radius 3 is 2.81 bits per heavy atom. The molecule has 1 saturated carbocycles. The van der Waals surface area contributed by atoms with E-state index < -0.39 is 0 Å². The number of benzene rings is 2. The summed E-state index contributed by atoms with van der Waals surface area (Å²) in [5, 5.41) is 4.50. The summed E-state index contributed by atoms with van der Waals surface area (Å²) in [7, 11) is 3.78. The van der Waals surface area contributed by atoms with Gasteiger partial charge in [-0.2, -0.15) is 4.98 Å². The number of carbonyl (C=O) groups excluding carboxylic acids is 1. The fourth-order valence-electron chi connectivity index (χ4n) is 4.62. The second-order valence-corrected chi connectivity index (χ2v) is 9.78. The molecule has 9 heteroatoms.